The van der Waals surface area contributed by atoms with E-state index in [1.165, 1.54) is 6.20 Å². The Labute approximate surface area is 79.4 Å². The van der Waals surface area contributed by atoms with Crippen molar-refractivity contribution >= 4 is 16.6 Å². The molecule has 0 unspecified atom stereocenters. The molecule has 0 bridgehead atoms. The van der Waals surface area contributed by atoms with Crippen molar-refractivity contribution in [3.05, 3.63) is 36.0 Å². The summed E-state index contributed by atoms with van der Waals surface area (Å²) in [6.07, 6.45) is -1.30. The Balaban J connectivity index is 2.83. The molecular weight excluding hydrogens is 186 g/mol. The van der Waals surface area contributed by atoms with Crippen molar-refractivity contribution in [2.75, 3.05) is 5.73 Å². The summed E-state index contributed by atoms with van der Waals surface area (Å²) >= 11 is 0. The zero-order chi connectivity index (χ0) is 10.1. The maximum absolute atomic E-state index is 12.7. The number of fused-ring (bicyclic) bond motifs is 1. The number of nitrogens with two attached hydrogens (primary N) is 1. The van der Waals surface area contributed by atoms with Crippen LogP contribution in [0.15, 0.2) is 30.5 Å². The molecule has 1 aromatic carbocycles. The second-order valence-corrected chi connectivity index (χ2v) is 2.95. The van der Waals surface area contributed by atoms with Crippen molar-refractivity contribution < 1.29 is 8.78 Å². The lowest BCUT2D eigenvalue weighted by atomic mass is 10.1. The highest BCUT2D eigenvalue weighted by molar-refractivity contribution is 5.86. The summed E-state index contributed by atoms with van der Waals surface area (Å²) in [5.74, 6) is 0. The van der Waals surface area contributed by atoms with Crippen LogP contribution in [0.2, 0.25) is 0 Å². The third kappa shape index (κ3) is 1.28. The standard InChI is InChI=1S/C10H8F2N2/c11-10(12)9-6-3-1-2-4-8(6)14-5-7(9)13/h1-5,10H,13H2. The van der Waals surface area contributed by atoms with Crippen molar-refractivity contribution in [2.45, 2.75) is 6.43 Å². The first-order valence-corrected chi connectivity index (χ1v) is 4.11. The molecule has 0 atom stereocenters. The topological polar surface area (TPSA) is 38.9 Å². The van der Waals surface area contributed by atoms with E-state index in [9.17, 15) is 8.78 Å². The molecule has 2 rings (SSSR count). The first-order valence-electron chi connectivity index (χ1n) is 4.11. The highest BCUT2D eigenvalue weighted by Gasteiger charge is 2.15. The third-order valence-electron chi connectivity index (χ3n) is 2.07. The van der Waals surface area contributed by atoms with Crippen molar-refractivity contribution in [2.24, 2.45) is 0 Å². The SMILES string of the molecule is Nc1cnc2ccccc2c1C(F)F. The summed E-state index contributed by atoms with van der Waals surface area (Å²) in [7, 11) is 0. The first-order chi connectivity index (χ1) is 6.70. The molecule has 0 amide bonds. The van der Waals surface area contributed by atoms with Crippen LogP contribution in [-0.4, -0.2) is 4.98 Å². The van der Waals surface area contributed by atoms with Crippen LogP contribution in [0.25, 0.3) is 10.9 Å². The van der Waals surface area contributed by atoms with E-state index >= 15 is 0 Å². The van der Waals surface area contributed by atoms with E-state index in [1.54, 1.807) is 24.3 Å². The molecule has 0 saturated carbocycles. The fraction of sp³-hybridized carbons (Fsp3) is 0.100. The van der Waals surface area contributed by atoms with E-state index in [1.807, 2.05) is 0 Å². The smallest absolute Gasteiger partial charge is 0.266 e. The number of rotatable bonds is 1. The maximum atomic E-state index is 12.7. The molecule has 0 radical (unpaired) electrons. The molecule has 1 heterocycles. The number of aromatic nitrogens is 1. The van der Waals surface area contributed by atoms with Crippen LogP contribution in [0.4, 0.5) is 14.5 Å². The molecule has 1 aromatic heterocycles. The van der Waals surface area contributed by atoms with Crippen LogP contribution in [0.3, 0.4) is 0 Å². The molecule has 2 aromatic rings. The van der Waals surface area contributed by atoms with Crippen LogP contribution in [0.5, 0.6) is 0 Å². The van der Waals surface area contributed by atoms with Gasteiger partial charge in [-0.25, -0.2) is 8.78 Å². The van der Waals surface area contributed by atoms with Gasteiger partial charge in [-0.3, -0.25) is 4.98 Å². The highest BCUT2D eigenvalue weighted by Crippen LogP contribution is 2.30. The van der Waals surface area contributed by atoms with Crippen LogP contribution < -0.4 is 5.73 Å². The number of pyridine rings is 1. The molecule has 0 fully saturated rings. The largest absolute Gasteiger partial charge is 0.397 e. The van der Waals surface area contributed by atoms with Gasteiger partial charge in [0.15, 0.2) is 0 Å². The van der Waals surface area contributed by atoms with E-state index in [2.05, 4.69) is 4.98 Å². The third-order valence-corrected chi connectivity index (χ3v) is 2.07. The van der Waals surface area contributed by atoms with Crippen molar-refractivity contribution in [3.63, 3.8) is 0 Å². The molecule has 0 spiro atoms. The van der Waals surface area contributed by atoms with Gasteiger partial charge in [-0.2, -0.15) is 0 Å². The van der Waals surface area contributed by atoms with E-state index < -0.39 is 6.43 Å². The predicted molar refractivity (Wildman–Crippen MR) is 51.1 cm³/mol. The van der Waals surface area contributed by atoms with Gasteiger partial charge in [0.1, 0.15) is 0 Å². The normalized spacial score (nSPS) is 11.1. The molecule has 0 aliphatic rings. The van der Waals surface area contributed by atoms with Gasteiger partial charge in [0, 0.05) is 5.39 Å². The van der Waals surface area contributed by atoms with Gasteiger partial charge >= 0.3 is 0 Å². The number of nitrogens with zero attached hydrogens (tertiary/aromatic N) is 1. The summed E-state index contributed by atoms with van der Waals surface area (Å²) in [6, 6.07) is 6.72. The maximum Gasteiger partial charge on any atom is 0.266 e. The van der Waals surface area contributed by atoms with Gasteiger partial charge < -0.3 is 5.73 Å². The number of halogens is 2. The highest BCUT2D eigenvalue weighted by atomic mass is 19.3. The van der Waals surface area contributed by atoms with Crippen LogP contribution >= 0.6 is 0 Å². The van der Waals surface area contributed by atoms with Crippen LogP contribution in [0.1, 0.15) is 12.0 Å². The quantitative estimate of drug-likeness (QED) is 0.758. The molecule has 14 heavy (non-hydrogen) atoms. The van der Waals surface area contributed by atoms with Crippen LogP contribution in [-0.2, 0) is 0 Å². The van der Waals surface area contributed by atoms with Crippen molar-refractivity contribution in [3.8, 4) is 0 Å². The lowest BCUT2D eigenvalue weighted by Crippen LogP contribution is -1.97. The minimum Gasteiger partial charge on any atom is -0.397 e. The Kier molecular flexibility index (Phi) is 2.04. The van der Waals surface area contributed by atoms with E-state index in [0.717, 1.165) is 0 Å². The zero-order valence-corrected chi connectivity index (χ0v) is 7.24. The monoisotopic (exact) mass is 194 g/mol. The summed E-state index contributed by atoms with van der Waals surface area (Å²) in [5, 5.41) is 0.419. The minimum atomic E-state index is -2.57. The molecule has 2 nitrogen and oxygen atoms in total. The molecule has 0 saturated heterocycles. The predicted octanol–water partition coefficient (Wildman–Crippen LogP) is 2.75. The minimum absolute atomic E-state index is 0.0405. The summed E-state index contributed by atoms with van der Waals surface area (Å²) in [4.78, 5) is 3.97. The zero-order valence-electron chi connectivity index (χ0n) is 7.24. The van der Waals surface area contributed by atoms with Gasteiger partial charge in [0.2, 0.25) is 0 Å². The number of anilines is 1. The molecule has 72 valence electrons. The Morgan fingerprint density at radius 2 is 1.93 bits per heavy atom. The number of nitrogen functional groups attached to an aromatic ring is 1. The van der Waals surface area contributed by atoms with E-state index in [4.69, 9.17) is 5.73 Å². The number of hydrogen-bond donors (Lipinski definition) is 1. The average molecular weight is 194 g/mol. The van der Waals surface area contributed by atoms with Gasteiger partial charge in [0.05, 0.1) is 23.0 Å². The van der Waals surface area contributed by atoms with Crippen molar-refractivity contribution in [1.29, 1.82) is 0 Å². The summed E-state index contributed by atoms with van der Waals surface area (Å²) in [5.41, 5.74) is 5.90. The molecular formula is C10H8F2N2. The lowest BCUT2D eigenvalue weighted by Gasteiger charge is -2.07. The molecule has 2 N–H and O–H groups in total. The number of benzene rings is 1. The molecule has 0 aliphatic heterocycles. The van der Waals surface area contributed by atoms with Gasteiger partial charge in [0.25, 0.3) is 6.43 Å². The number of para-hydroxylation sites is 1. The number of hydrogen-bond acceptors (Lipinski definition) is 2. The van der Waals surface area contributed by atoms with Gasteiger partial charge in [-0.15, -0.1) is 0 Å². The molecule has 0 aliphatic carbocycles. The second kappa shape index (κ2) is 3.21. The van der Waals surface area contributed by atoms with Crippen molar-refractivity contribution in [1.82, 2.24) is 4.98 Å². The fourth-order valence-electron chi connectivity index (χ4n) is 1.42. The lowest BCUT2D eigenvalue weighted by molar-refractivity contribution is 0.154. The fourth-order valence-corrected chi connectivity index (χ4v) is 1.42. The van der Waals surface area contributed by atoms with E-state index in [-0.39, 0.29) is 11.3 Å². The first kappa shape index (κ1) is 8.87. The second-order valence-electron chi connectivity index (χ2n) is 2.95. The number of alkyl halides is 2. The Morgan fingerprint density at radius 3 is 2.64 bits per heavy atom. The van der Waals surface area contributed by atoms with Gasteiger partial charge in [-0.05, 0) is 6.07 Å². The Bertz CT molecular complexity index is 469. The van der Waals surface area contributed by atoms with E-state index in [0.29, 0.717) is 10.9 Å². The molecule has 4 heteroatoms. The summed E-state index contributed by atoms with van der Waals surface area (Å²) in [6.45, 7) is 0. The Morgan fingerprint density at radius 1 is 1.21 bits per heavy atom. The van der Waals surface area contributed by atoms with Crippen LogP contribution in [0, 0.1) is 0 Å². The Hall–Kier alpha value is -1.71. The average Bonchev–Trinajstić information content (AvgIpc) is 2.17. The van der Waals surface area contributed by atoms with Gasteiger partial charge in [-0.1, -0.05) is 18.2 Å². The summed E-state index contributed by atoms with van der Waals surface area (Å²) < 4.78 is 25.3.